The fraction of sp³-hybridized carbons (Fsp3) is 0.476. The Hall–Kier alpha value is -7.81. The molecule has 5 saturated heterocycles. The molecule has 25 atom stereocenters. The molecule has 540 valence electrons. The molecule has 21 N–H and O–H groups in total. The summed E-state index contributed by atoms with van der Waals surface area (Å²) < 4.78 is 73.8. The monoisotopic (exact) mass is 1410 g/mol. The number of carbonyl (C=O) groups excluding carboxylic acids is 2. The molecule has 10 rings (SSSR count). The Morgan fingerprint density at radius 1 is 0.394 bits per heavy atom. The lowest BCUT2D eigenvalue weighted by Crippen LogP contribution is -2.60. The van der Waals surface area contributed by atoms with Crippen LogP contribution in [-0.2, 0) is 42.7 Å². The number of aliphatic hydroxyl groups is 18. The predicted molar refractivity (Wildman–Crippen MR) is 322 cm³/mol. The highest BCUT2D eigenvalue weighted by Crippen LogP contribution is 2.48. The number of aliphatic hydroxyl groups excluding tert-OH is 18. The number of ether oxygens (including phenoxy) is 12. The molecule has 5 fully saturated rings. The largest absolute Gasteiger partial charge is 0.507 e. The number of phenolic OH excluding ortho intramolecular Hbond substituents is 3. The summed E-state index contributed by atoms with van der Waals surface area (Å²) >= 11 is 0. The van der Waals surface area contributed by atoms with Crippen LogP contribution in [0.2, 0.25) is 0 Å². The minimum Gasteiger partial charge on any atom is -0.507 e. The molecule has 1 aromatic heterocycles. The number of rotatable bonds is 22. The van der Waals surface area contributed by atoms with E-state index in [0.29, 0.717) is 11.1 Å². The summed E-state index contributed by atoms with van der Waals surface area (Å²) in [6, 6.07) is 16.2. The van der Waals surface area contributed by atoms with Gasteiger partial charge in [-0.3, -0.25) is 0 Å². The topological polar surface area (TPSA) is 581 Å². The molecular formula is C63H73O36+. The molecule has 0 amide bonds. The van der Waals surface area contributed by atoms with Gasteiger partial charge in [0.15, 0.2) is 11.5 Å². The van der Waals surface area contributed by atoms with E-state index in [2.05, 4.69) is 0 Å². The fourth-order valence-corrected chi connectivity index (χ4v) is 10.9. The molecule has 6 heterocycles. The van der Waals surface area contributed by atoms with Gasteiger partial charge in [-0.1, -0.05) is 24.3 Å². The van der Waals surface area contributed by atoms with Crippen molar-refractivity contribution in [1.29, 1.82) is 0 Å². The number of benzene rings is 4. The third-order valence-corrected chi connectivity index (χ3v) is 16.6. The minimum absolute atomic E-state index is 0.105. The Labute approximate surface area is 557 Å². The number of esters is 2. The smallest absolute Gasteiger partial charge is 0.402 e. The molecule has 10 unspecified atom stereocenters. The number of aromatic hydroxyl groups is 3. The van der Waals surface area contributed by atoms with Crippen LogP contribution < -0.4 is 23.7 Å². The van der Waals surface area contributed by atoms with Crippen LogP contribution in [0.15, 0.2) is 95.4 Å². The van der Waals surface area contributed by atoms with Crippen LogP contribution in [-0.4, -0.2) is 306 Å². The van der Waals surface area contributed by atoms with Gasteiger partial charge in [-0.25, -0.2) is 14.0 Å². The van der Waals surface area contributed by atoms with E-state index in [1.807, 2.05) is 0 Å². The number of fused-ring (bicyclic) bond motifs is 1. The number of phenols is 3. The van der Waals surface area contributed by atoms with Crippen molar-refractivity contribution < 1.29 is 178 Å². The van der Waals surface area contributed by atoms with Crippen molar-refractivity contribution in [3.05, 3.63) is 102 Å². The van der Waals surface area contributed by atoms with Crippen molar-refractivity contribution in [2.24, 2.45) is 0 Å². The standard InChI is InChI=1S/C63H72O36/c64-18-35-43(72)48(77)53(82)59(95-35)89-27-7-1-23(2-8-27)5-11-40(69)87-21-38-46(75)51(80)56(85)61(98-38)92-32-13-25(58-34(17-29-30(68)15-26(67)16-31(29)91-58)94-63-55(84)50(79)45(74)37(20-66)97-63)14-33(42(32)71)93-62-57(86)52(81)47(76)39(99-62)22-88-41(70)12-6-24-3-9-28(10-4-24)90-60-54(83)49(78)44(73)36(19-65)96-60/h1-17,35-39,43-57,59-66,72-86H,18-22H2,(H2-,67,68,71)/p+1/b11-5+,12-6+/t35?,36?,37?,38?,39?,43-,44-,45-,46-,47-,48+,49+,50+,51+,52+,53?,54?,55?,56?,57?,59-,60-,61-,62-,63-/m1/s1. The zero-order valence-electron chi connectivity index (χ0n) is 51.3. The predicted octanol–water partition coefficient (Wildman–Crippen LogP) is -6.08. The average molecular weight is 1410 g/mol. The minimum atomic E-state index is -2.22. The fourth-order valence-electron chi connectivity index (χ4n) is 10.9. The molecule has 99 heavy (non-hydrogen) atoms. The van der Waals surface area contributed by atoms with E-state index in [1.54, 1.807) is 0 Å². The Balaban J connectivity index is 0.887. The molecule has 36 nitrogen and oxygen atoms in total. The van der Waals surface area contributed by atoms with E-state index in [1.165, 1.54) is 60.7 Å². The highest BCUT2D eigenvalue weighted by atomic mass is 16.7. The summed E-state index contributed by atoms with van der Waals surface area (Å²) in [4.78, 5) is 26.1. The first-order chi connectivity index (χ1) is 47.2. The average Bonchev–Trinajstić information content (AvgIpc) is 0.763. The van der Waals surface area contributed by atoms with Crippen LogP contribution in [0.4, 0.5) is 0 Å². The highest BCUT2D eigenvalue weighted by Gasteiger charge is 2.51. The van der Waals surface area contributed by atoms with E-state index in [4.69, 9.17) is 61.3 Å². The van der Waals surface area contributed by atoms with Gasteiger partial charge in [0.2, 0.25) is 42.9 Å². The van der Waals surface area contributed by atoms with Crippen LogP contribution in [0.25, 0.3) is 34.4 Å². The third kappa shape index (κ3) is 16.5. The van der Waals surface area contributed by atoms with E-state index in [9.17, 15) is 117 Å². The van der Waals surface area contributed by atoms with E-state index in [-0.39, 0.29) is 28.0 Å². The molecule has 0 bridgehead atoms. The second kappa shape index (κ2) is 31.8. The Kier molecular flexibility index (Phi) is 23.7. The third-order valence-electron chi connectivity index (χ3n) is 16.6. The second-order valence-electron chi connectivity index (χ2n) is 23.4. The maximum absolute atomic E-state index is 13.1. The number of hydrogen-bond acceptors (Lipinski definition) is 35. The lowest BCUT2D eigenvalue weighted by Gasteiger charge is -2.40. The summed E-state index contributed by atoms with van der Waals surface area (Å²) in [6.45, 7) is -4.00. The quantitative estimate of drug-likeness (QED) is 0.0174. The van der Waals surface area contributed by atoms with Crippen LogP contribution in [0.1, 0.15) is 11.1 Å². The van der Waals surface area contributed by atoms with Gasteiger partial charge in [0.05, 0.1) is 31.5 Å². The lowest BCUT2D eigenvalue weighted by molar-refractivity contribution is -0.279. The molecule has 4 aromatic carbocycles. The van der Waals surface area contributed by atoms with Crippen LogP contribution >= 0.6 is 0 Å². The first kappa shape index (κ1) is 73.9. The summed E-state index contributed by atoms with van der Waals surface area (Å²) in [5.41, 5.74) is 0.0441. The summed E-state index contributed by atoms with van der Waals surface area (Å²) in [5, 5.41) is 223. The van der Waals surface area contributed by atoms with Gasteiger partial charge in [-0.2, -0.15) is 0 Å². The number of carbonyl (C=O) groups is 2. The van der Waals surface area contributed by atoms with Crippen LogP contribution in [0.5, 0.6) is 46.0 Å². The normalized spacial score (nSPS) is 35.0. The van der Waals surface area contributed by atoms with E-state index >= 15 is 0 Å². The van der Waals surface area contributed by atoms with Crippen molar-refractivity contribution >= 4 is 35.1 Å². The van der Waals surface area contributed by atoms with Gasteiger partial charge in [0.1, 0.15) is 164 Å². The SMILES string of the molecule is O=C(/C=C/c1ccc(O[C@@H]2OC(CO)[C@@H](O)[C@H](O)C2O)cc1)OCC1O[C@@H](Oc2cc(-c3[o+]c4cc(O)cc(O)c4cc3O[C@@H]3OC(CO)[C@@H](O)[C@H](O)C3O)cc(O[C@@H]3OC(COC(=O)/C=C/c4ccc(O[C@@H]5OC(CO)[C@@H](O)[C@H](O)C5O)cc4)[C@@H](O)[C@H](O)C3O)c2O)C(O)[C@@H](O)[C@@H]1O. The Morgan fingerprint density at radius 3 is 1.09 bits per heavy atom. The van der Waals surface area contributed by atoms with Crippen molar-refractivity contribution in [3.8, 4) is 57.3 Å². The maximum atomic E-state index is 13.1. The van der Waals surface area contributed by atoms with Gasteiger partial charge in [-0.05, 0) is 47.5 Å². The highest BCUT2D eigenvalue weighted by molar-refractivity contribution is 5.89. The summed E-state index contributed by atoms with van der Waals surface area (Å²) in [5.74, 6) is -6.90. The first-order valence-corrected chi connectivity index (χ1v) is 30.4. The molecule has 5 aliphatic heterocycles. The molecule has 5 aromatic rings. The summed E-state index contributed by atoms with van der Waals surface area (Å²) in [7, 11) is 0. The molecule has 5 aliphatic rings. The van der Waals surface area contributed by atoms with Crippen molar-refractivity contribution in [1.82, 2.24) is 0 Å². The first-order valence-electron chi connectivity index (χ1n) is 30.4. The Morgan fingerprint density at radius 2 is 0.727 bits per heavy atom. The molecule has 0 aliphatic carbocycles. The van der Waals surface area contributed by atoms with Gasteiger partial charge in [0.25, 0.3) is 0 Å². The molecule has 0 saturated carbocycles. The molecule has 0 radical (unpaired) electrons. The van der Waals surface area contributed by atoms with E-state index < -0.39 is 239 Å². The zero-order valence-corrected chi connectivity index (χ0v) is 51.3. The van der Waals surface area contributed by atoms with Crippen molar-refractivity contribution in [3.63, 3.8) is 0 Å². The van der Waals surface area contributed by atoms with Crippen molar-refractivity contribution in [2.75, 3.05) is 33.0 Å². The molecular weight excluding hydrogens is 1330 g/mol. The van der Waals surface area contributed by atoms with Crippen LogP contribution in [0.3, 0.4) is 0 Å². The van der Waals surface area contributed by atoms with E-state index in [0.717, 1.165) is 42.5 Å². The van der Waals surface area contributed by atoms with Gasteiger partial charge < -0.3 is 164 Å². The van der Waals surface area contributed by atoms with Gasteiger partial charge in [-0.15, -0.1) is 0 Å². The van der Waals surface area contributed by atoms with Gasteiger partial charge in [0, 0.05) is 36.4 Å². The zero-order chi connectivity index (χ0) is 71.4. The second-order valence-corrected chi connectivity index (χ2v) is 23.4. The lowest BCUT2D eigenvalue weighted by atomic mass is 9.99. The number of hydrogen-bond donors (Lipinski definition) is 21. The molecule has 0 spiro atoms. The molecule has 36 heteroatoms. The van der Waals surface area contributed by atoms with Crippen LogP contribution in [0, 0.1) is 0 Å². The maximum Gasteiger partial charge on any atom is 0.402 e. The van der Waals surface area contributed by atoms with Crippen molar-refractivity contribution in [2.45, 2.75) is 154 Å². The van der Waals surface area contributed by atoms with Gasteiger partial charge >= 0.3 is 23.3 Å². The summed E-state index contributed by atoms with van der Waals surface area (Å²) in [6.07, 6.45) is -41.1. The Bertz CT molecular complexity index is 3450.